The summed E-state index contributed by atoms with van der Waals surface area (Å²) in [5, 5.41) is 26.4. The minimum absolute atomic E-state index is 0.157. The Hall–Kier alpha value is -3.63. The summed E-state index contributed by atoms with van der Waals surface area (Å²) < 4.78 is 5.84. The second-order valence-electron chi connectivity index (χ2n) is 9.43. The van der Waals surface area contributed by atoms with Crippen LogP contribution in [0.25, 0.3) is 0 Å². The monoisotopic (exact) mass is 457 g/mol. The van der Waals surface area contributed by atoms with Gasteiger partial charge < -0.3 is 20.5 Å². The zero-order valence-electron chi connectivity index (χ0n) is 19.7. The molecule has 0 aliphatic heterocycles. The zero-order valence-corrected chi connectivity index (χ0v) is 19.7. The molecule has 1 aromatic heterocycles. The lowest BCUT2D eigenvalue weighted by Gasteiger charge is -2.40. The number of anilines is 2. The van der Waals surface area contributed by atoms with Gasteiger partial charge in [-0.2, -0.15) is 10.2 Å². The summed E-state index contributed by atoms with van der Waals surface area (Å²) in [7, 11) is 0. The number of nitrogens with zero attached hydrogens (tertiary/aromatic N) is 3. The minimum Gasteiger partial charge on any atom is -0.457 e. The van der Waals surface area contributed by atoms with Gasteiger partial charge in [-0.25, -0.2) is 4.98 Å². The molecule has 1 fully saturated rings. The third-order valence-corrected chi connectivity index (χ3v) is 6.31. The van der Waals surface area contributed by atoms with Gasteiger partial charge in [-0.05, 0) is 60.9 Å². The normalized spacial score (nSPS) is 19.1. The number of rotatable bonds is 8. The van der Waals surface area contributed by atoms with Gasteiger partial charge >= 0.3 is 0 Å². The van der Waals surface area contributed by atoms with E-state index in [2.05, 4.69) is 40.5 Å². The first-order valence-electron chi connectivity index (χ1n) is 11.7. The smallest absolute Gasteiger partial charge is 0.224 e. The van der Waals surface area contributed by atoms with Gasteiger partial charge in [-0.15, -0.1) is 0 Å². The molecule has 3 aromatic rings. The van der Waals surface area contributed by atoms with Crippen molar-refractivity contribution in [2.75, 3.05) is 17.2 Å². The SMILES string of the molecule is CC1(C)C[C@H](Nc2nc(NCCc3ccc(Oc4ccccc4)cc3)ncc2C#N)CC[C@@H]1O. The van der Waals surface area contributed by atoms with Crippen molar-refractivity contribution in [1.82, 2.24) is 9.97 Å². The number of ether oxygens (including phenoxy) is 1. The number of hydrogen-bond donors (Lipinski definition) is 3. The standard InChI is InChI=1S/C27H31N5O2/c1-27(2)16-21(10-13-24(27)33)31-25-20(17-28)18-30-26(32-25)29-15-14-19-8-11-23(12-9-19)34-22-6-4-3-5-7-22/h3-9,11-12,18,21,24,33H,10,13-16H2,1-2H3,(H2,29,30,31,32)/t21-,24+/m1/s1. The van der Waals surface area contributed by atoms with Crippen molar-refractivity contribution >= 4 is 11.8 Å². The lowest BCUT2D eigenvalue weighted by molar-refractivity contribution is 0.00926. The molecular formula is C27H31N5O2. The van der Waals surface area contributed by atoms with Gasteiger partial charge in [0.15, 0.2) is 0 Å². The second kappa shape index (κ2) is 10.5. The van der Waals surface area contributed by atoms with E-state index in [0.717, 1.165) is 37.2 Å². The highest BCUT2D eigenvalue weighted by atomic mass is 16.5. The van der Waals surface area contributed by atoms with E-state index >= 15 is 0 Å². The summed E-state index contributed by atoms with van der Waals surface area (Å²) in [5.41, 5.74) is 1.42. The van der Waals surface area contributed by atoms with Crippen LogP contribution in [0.2, 0.25) is 0 Å². The molecule has 2 atom stereocenters. The van der Waals surface area contributed by atoms with Crippen molar-refractivity contribution in [3.8, 4) is 17.6 Å². The van der Waals surface area contributed by atoms with Crippen molar-refractivity contribution in [2.24, 2.45) is 5.41 Å². The maximum Gasteiger partial charge on any atom is 0.224 e. The highest BCUT2D eigenvalue weighted by Gasteiger charge is 2.35. The van der Waals surface area contributed by atoms with Crippen LogP contribution >= 0.6 is 0 Å². The Morgan fingerprint density at radius 3 is 2.53 bits per heavy atom. The predicted octanol–water partition coefficient (Wildman–Crippen LogP) is 5.15. The lowest BCUT2D eigenvalue weighted by Crippen LogP contribution is -2.41. The number of nitrogens with one attached hydrogen (secondary N) is 2. The number of benzene rings is 2. The van der Waals surface area contributed by atoms with Crippen molar-refractivity contribution in [3.05, 3.63) is 71.9 Å². The van der Waals surface area contributed by atoms with Crippen molar-refractivity contribution in [1.29, 1.82) is 5.26 Å². The second-order valence-corrected chi connectivity index (χ2v) is 9.43. The minimum atomic E-state index is -0.303. The largest absolute Gasteiger partial charge is 0.457 e. The summed E-state index contributed by atoms with van der Waals surface area (Å²) in [6, 6.07) is 20.1. The predicted molar refractivity (Wildman–Crippen MR) is 133 cm³/mol. The highest BCUT2D eigenvalue weighted by molar-refractivity contribution is 5.54. The topological polar surface area (TPSA) is 103 Å². The fraction of sp³-hybridized carbons (Fsp3) is 0.370. The quantitative estimate of drug-likeness (QED) is 0.430. The Labute approximate surface area is 200 Å². The molecule has 0 saturated heterocycles. The van der Waals surface area contributed by atoms with Crippen molar-refractivity contribution < 1.29 is 9.84 Å². The summed E-state index contributed by atoms with van der Waals surface area (Å²) >= 11 is 0. The molecule has 34 heavy (non-hydrogen) atoms. The van der Waals surface area contributed by atoms with Gasteiger partial charge in [0.1, 0.15) is 28.9 Å². The first-order chi connectivity index (χ1) is 16.4. The molecule has 0 amide bonds. The maximum atomic E-state index is 10.2. The number of aromatic nitrogens is 2. The Kier molecular flexibility index (Phi) is 7.29. The Morgan fingerprint density at radius 1 is 1.09 bits per heavy atom. The molecule has 7 nitrogen and oxygen atoms in total. The van der Waals surface area contributed by atoms with Gasteiger partial charge in [0.05, 0.1) is 12.3 Å². The van der Waals surface area contributed by atoms with E-state index in [1.165, 1.54) is 5.56 Å². The third kappa shape index (κ3) is 6.03. The summed E-state index contributed by atoms with van der Waals surface area (Å²) in [6.07, 6.45) is 4.44. The molecular weight excluding hydrogens is 426 g/mol. The average molecular weight is 458 g/mol. The lowest BCUT2D eigenvalue weighted by atomic mass is 9.73. The van der Waals surface area contributed by atoms with Gasteiger partial charge in [0.25, 0.3) is 0 Å². The Balaban J connectivity index is 1.32. The summed E-state index contributed by atoms with van der Waals surface area (Å²) in [6.45, 7) is 4.81. The first-order valence-corrected chi connectivity index (χ1v) is 11.7. The molecule has 0 bridgehead atoms. The van der Waals surface area contributed by atoms with Crippen LogP contribution in [0, 0.1) is 16.7 Å². The van der Waals surface area contributed by atoms with Crippen LogP contribution in [0.4, 0.5) is 11.8 Å². The molecule has 2 aromatic carbocycles. The first kappa shape index (κ1) is 23.5. The van der Waals surface area contributed by atoms with E-state index in [1.54, 1.807) is 6.20 Å². The summed E-state index contributed by atoms with van der Waals surface area (Å²) in [4.78, 5) is 8.85. The van der Waals surface area contributed by atoms with Crippen molar-refractivity contribution in [2.45, 2.75) is 51.7 Å². The van der Waals surface area contributed by atoms with Crippen LogP contribution in [0.5, 0.6) is 11.5 Å². The Bertz CT molecular complexity index is 1130. The molecule has 176 valence electrons. The molecule has 1 heterocycles. The number of aliphatic hydroxyl groups excluding tert-OH is 1. The van der Waals surface area contributed by atoms with Crippen LogP contribution in [0.15, 0.2) is 60.8 Å². The van der Waals surface area contributed by atoms with Gasteiger partial charge in [-0.3, -0.25) is 0 Å². The molecule has 0 unspecified atom stereocenters. The van der Waals surface area contributed by atoms with Gasteiger partial charge in [-0.1, -0.05) is 44.2 Å². The Morgan fingerprint density at radius 2 is 1.82 bits per heavy atom. The van der Waals surface area contributed by atoms with Crippen LogP contribution in [0.3, 0.4) is 0 Å². The highest BCUT2D eigenvalue weighted by Crippen LogP contribution is 2.37. The van der Waals surface area contributed by atoms with E-state index in [0.29, 0.717) is 23.9 Å². The third-order valence-electron chi connectivity index (χ3n) is 6.31. The average Bonchev–Trinajstić information content (AvgIpc) is 2.83. The molecule has 1 aliphatic carbocycles. The van der Waals surface area contributed by atoms with E-state index in [-0.39, 0.29) is 17.6 Å². The van der Waals surface area contributed by atoms with Crippen molar-refractivity contribution in [3.63, 3.8) is 0 Å². The fourth-order valence-electron chi connectivity index (χ4n) is 4.27. The van der Waals surface area contributed by atoms with Crippen LogP contribution < -0.4 is 15.4 Å². The fourth-order valence-corrected chi connectivity index (χ4v) is 4.27. The number of hydrogen-bond acceptors (Lipinski definition) is 7. The van der Waals surface area contributed by atoms with Crippen LogP contribution in [-0.4, -0.2) is 33.8 Å². The molecule has 0 radical (unpaired) electrons. The van der Waals surface area contributed by atoms with Crippen LogP contribution in [-0.2, 0) is 6.42 Å². The number of aliphatic hydroxyl groups is 1. The molecule has 1 aliphatic rings. The summed E-state index contributed by atoms with van der Waals surface area (Å²) in [5.74, 6) is 2.64. The van der Waals surface area contributed by atoms with Crippen LogP contribution in [0.1, 0.15) is 44.2 Å². The zero-order chi connectivity index (χ0) is 24.0. The van der Waals surface area contributed by atoms with E-state index in [9.17, 15) is 10.4 Å². The molecule has 1 saturated carbocycles. The molecule has 0 spiro atoms. The van der Waals surface area contributed by atoms with E-state index in [4.69, 9.17) is 4.74 Å². The molecule has 4 rings (SSSR count). The van der Waals surface area contributed by atoms with E-state index < -0.39 is 0 Å². The number of para-hydroxylation sites is 1. The maximum absolute atomic E-state index is 10.2. The molecule has 7 heteroatoms. The van der Waals surface area contributed by atoms with E-state index in [1.807, 2.05) is 54.6 Å². The number of nitriles is 1. The van der Waals surface area contributed by atoms with Gasteiger partial charge in [0, 0.05) is 12.6 Å². The van der Waals surface area contributed by atoms with Gasteiger partial charge in [0.2, 0.25) is 5.95 Å². The molecule has 3 N–H and O–H groups in total.